The summed E-state index contributed by atoms with van der Waals surface area (Å²) in [6.45, 7) is 5.73. The average molecular weight is 268 g/mol. The molecule has 3 amide bonds. The predicted molar refractivity (Wildman–Crippen MR) is 67.7 cm³/mol. The van der Waals surface area contributed by atoms with Crippen LogP contribution in [0.2, 0.25) is 0 Å². The van der Waals surface area contributed by atoms with Crippen molar-refractivity contribution in [1.29, 1.82) is 0 Å². The molecule has 0 aromatic heterocycles. The van der Waals surface area contributed by atoms with E-state index in [1.807, 2.05) is 4.90 Å². The Labute approximate surface area is 112 Å². The number of piperazine rings is 1. The largest absolute Gasteiger partial charge is 0.378 e. The molecule has 3 rings (SSSR count). The Balaban J connectivity index is 1.57. The number of hydrogen-bond donors (Lipinski definition) is 1. The lowest BCUT2D eigenvalue weighted by Gasteiger charge is -2.29. The van der Waals surface area contributed by atoms with Crippen LogP contribution < -0.4 is 5.32 Å². The zero-order valence-electron chi connectivity index (χ0n) is 11.0. The molecule has 0 aliphatic carbocycles. The molecular weight excluding hydrogens is 248 g/mol. The van der Waals surface area contributed by atoms with E-state index in [4.69, 9.17) is 4.74 Å². The zero-order valence-corrected chi connectivity index (χ0v) is 11.0. The van der Waals surface area contributed by atoms with Crippen molar-refractivity contribution >= 4 is 11.9 Å². The number of morpholine rings is 1. The molecule has 3 aliphatic rings. The normalized spacial score (nSPS) is 27.7. The van der Waals surface area contributed by atoms with Gasteiger partial charge >= 0.3 is 6.03 Å². The monoisotopic (exact) mass is 268 g/mol. The molecule has 0 aromatic carbocycles. The van der Waals surface area contributed by atoms with E-state index in [0.29, 0.717) is 32.8 Å². The molecule has 1 unspecified atom stereocenters. The Hall–Kier alpha value is -1.34. The van der Waals surface area contributed by atoms with Crippen LogP contribution >= 0.6 is 0 Å². The van der Waals surface area contributed by atoms with Crippen molar-refractivity contribution in [3.8, 4) is 0 Å². The number of carbonyl (C=O) groups is 2. The van der Waals surface area contributed by atoms with Crippen molar-refractivity contribution in [3.05, 3.63) is 0 Å². The van der Waals surface area contributed by atoms with E-state index in [1.54, 1.807) is 9.80 Å². The van der Waals surface area contributed by atoms with E-state index in [1.165, 1.54) is 0 Å². The smallest absolute Gasteiger partial charge is 0.320 e. The third-order valence-electron chi connectivity index (χ3n) is 3.99. The second-order valence-electron chi connectivity index (χ2n) is 5.21. The van der Waals surface area contributed by atoms with Crippen LogP contribution in [0.5, 0.6) is 0 Å². The predicted octanol–water partition coefficient (Wildman–Crippen LogP) is -1.45. The van der Waals surface area contributed by atoms with Gasteiger partial charge in [-0.1, -0.05) is 0 Å². The van der Waals surface area contributed by atoms with Crippen LogP contribution in [0.25, 0.3) is 0 Å². The first-order chi connectivity index (χ1) is 9.25. The van der Waals surface area contributed by atoms with Gasteiger partial charge in [-0.15, -0.1) is 0 Å². The standard InChI is InChI=1S/C12H20N4O3/c17-11(14-3-5-19-6-4-14)9-15-8-10-7-13-1-2-16(10)12(15)18/h10,13H,1-9H2. The molecule has 3 saturated heterocycles. The number of fused-ring (bicyclic) bond motifs is 1. The summed E-state index contributed by atoms with van der Waals surface area (Å²) in [5.41, 5.74) is 0. The fraction of sp³-hybridized carbons (Fsp3) is 0.833. The van der Waals surface area contributed by atoms with Gasteiger partial charge in [-0.25, -0.2) is 4.79 Å². The van der Waals surface area contributed by atoms with Crippen LogP contribution in [0.1, 0.15) is 0 Å². The molecule has 3 aliphatic heterocycles. The minimum absolute atomic E-state index is 0.00751. The molecule has 1 atom stereocenters. The van der Waals surface area contributed by atoms with Crippen LogP contribution in [-0.4, -0.2) is 91.7 Å². The highest BCUT2D eigenvalue weighted by Gasteiger charge is 2.39. The summed E-state index contributed by atoms with van der Waals surface area (Å²) in [5, 5.41) is 3.28. The van der Waals surface area contributed by atoms with Crippen molar-refractivity contribution in [3.63, 3.8) is 0 Å². The second-order valence-corrected chi connectivity index (χ2v) is 5.21. The number of nitrogens with one attached hydrogen (secondary N) is 1. The summed E-state index contributed by atoms with van der Waals surface area (Å²) in [4.78, 5) is 29.7. The number of nitrogens with zero attached hydrogens (tertiary/aromatic N) is 3. The molecule has 7 heteroatoms. The van der Waals surface area contributed by atoms with Crippen molar-refractivity contribution < 1.29 is 14.3 Å². The van der Waals surface area contributed by atoms with E-state index in [0.717, 1.165) is 19.6 Å². The van der Waals surface area contributed by atoms with Gasteiger partial charge in [0.25, 0.3) is 0 Å². The van der Waals surface area contributed by atoms with Crippen LogP contribution in [0.15, 0.2) is 0 Å². The van der Waals surface area contributed by atoms with Gasteiger partial charge in [0, 0.05) is 39.3 Å². The topological polar surface area (TPSA) is 65.1 Å². The third-order valence-corrected chi connectivity index (χ3v) is 3.99. The summed E-state index contributed by atoms with van der Waals surface area (Å²) in [5.74, 6) is 0.0319. The fourth-order valence-corrected chi connectivity index (χ4v) is 2.90. The minimum Gasteiger partial charge on any atom is -0.378 e. The lowest BCUT2D eigenvalue weighted by molar-refractivity contribution is -0.135. The minimum atomic E-state index is 0.00751. The number of urea groups is 1. The maximum atomic E-state index is 12.2. The van der Waals surface area contributed by atoms with E-state index in [9.17, 15) is 9.59 Å². The van der Waals surface area contributed by atoms with Crippen LogP contribution in [0.3, 0.4) is 0 Å². The average Bonchev–Trinajstić information content (AvgIpc) is 2.77. The van der Waals surface area contributed by atoms with Gasteiger partial charge in [0.2, 0.25) is 5.91 Å². The van der Waals surface area contributed by atoms with Gasteiger partial charge in [-0.05, 0) is 0 Å². The molecular formula is C12H20N4O3. The summed E-state index contributed by atoms with van der Waals surface area (Å²) in [6, 6.07) is 0.229. The Morgan fingerprint density at radius 2 is 2.11 bits per heavy atom. The molecule has 3 fully saturated rings. The molecule has 1 N–H and O–H groups in total. The van der Waals surface area contributed by atoms with Crippen LogP contribution in [0.4, 0.5) is 4.79 Å². The van der Waals surface area contributed by atoms with Gasteiger partial charge in [0.15, 0.2) is 0 Å². The Morgan fingerprint density at radius 1 is 1.32 bits per heavy atom. The molecule has 0 bridgehead atoms. The number of rotatable bonds is 2. The lowest BCUT2D eigenvalue weighted by Crippen LogP contribution is -2.50. The Morgan fingerprint density at radius 3 is 2.84 bits per heavy atom. The molecule has 106 valence electrons. The number of hydrogen-bond acceptors (Lipinski definition) is 4. The van der Waals surface area contributed by atoms with E-state index < -0.39 is 0 Å². The fourth-order valence-electron chi connectivity index (χ4n) is 2.90. The molecule has 19 heavy (non-hydrogen) atoms. The van der Waals surface area contributed by atoms with Gasteiger partial charge in [0.05, 0.1) is 19.3 Å². The van der Waals surface area contributed by atoms with Crippen LogP contribution in [-0.2, 0) is 9.53 Å². The van der Waals surface area contributed by atoms with E-state index in [2.05, 4.69) is 5.32 Å². The molecule has 0 radical (unpaired) electrons. The summed E-state index contributed by atoms with van der Waals surface area (Å²) in [6.07, 6.45) is 0. The van der Waals surface area contributed by atoms with E-state index in [-0.39, 0.29) is 24.5 Å². The Bertz CT molecular complexity index is 370. The maximum absolute atomic E-state index is 12.2. The number of carbonyl (C=O) groups excluding carboxylic acids is 2. The highest BCUT2D eigenvalue weighted by Crippen LogP contribution is 2.17. The van der Waals surface area contributed by atoms with Gasteiger partial charge in [-0.2, -0.15) is 0 Å². The van der Waals surface area contributed by atoms with Crippen molar-refractivity contribution in [1.82, 2.24) is 20.0 Å². The van der Waals surface area contributed by atoms with Gasteiger partial charge in [-0.3, -0.25) is 4.79 Å². The SMILES string of the molecule is O=C(CN1CC2CNCCN2C1=O)N1CCOCC1. The van der Waals surface area contributed by atoms with Crippen molar-refractivity contribution in [2.45, 2.75) is 6.04 Å². The number of amides is 3. The van der Waals surface area contributed by atoms with Crippen LogP contribution in [0, 0.1) is 0 Å². The van der Waals surface area contributed by atoms with Gasteiger partial charge in [0.1, 0.15) is 6.54 Å². The quantitative estimate of drug-likeness (QED) is 0.666. The van der Waals surface area contributed by atoms with Crippen molar-refractivity contribution in [2.75, 3.05) is 59.0 Å². The second kappa shape index (κ2) is 5.34. The molecule has 0 aromatic rings. The first-order valence-corrected chi connectivity index (χ1v) is 6.87. The lowest BCUT2D eigenvalue weighted by atomic mass is 10.2. The summed E-state index contributed by atoms with van der Waals surface area (Å²) in [7, 11) is 0. The summed E-state index contributed by atoms with van der Waals surface area (Å²) < 4.78 is 5.23. The first kappa shape index (κ1) is 12.7. The van der Waals surface area contributed by atoms with Crippen molar-refractivity contribution in [2.24, 2.45) is 0 Å². The molecule has 0 spiro atoms. The molecule has 3 heterocycles. The summed E-state index contributed by atoms with van der Waals surface area (Å²) >= 11 is 0. The highest BCUT2D eigenvalue weighted by molar-refractivity contribution is 5.85. The van der Waals surface area contributed by atoms with Gasteiger partial charge < -0.3 is 24.8 Å². The Kier molecular flexibility index (Phi) is 3.56. The zero-order chi connectivity index (χ0) is 13.2. The maximum Gasteiger partial charge on any atom is 0.320 e. The van der Waals surface area contributed by atoms with E-state index >= 15 is 0 Å². The molecule has 7 nitrogen and oxygen atoms in total. The number of ether oxygens (including phenoxy) is 1. The highest BCUT2D eigenvalue weighted by atomic mass is 16.5. The first-order valence-electron chi connectivity index (χ1n) is 6.87. The molecule has 0 saturated carbocycles. The third kappa shape index (κ3) is 2.52.